The molecule has 0 fully saturated rings. The van der Waals surface area contributed by atoms with Crippen molar-refractivity contribution in [1.82, 2.24) is 0 Å². The first kappa shape index (κ1) is 9.12. The minimum Gasteiger partial charge on any atom is -0.463 e. The van der Waals surface area contributed by atoms with Gasteiger partial charge in [-0.25, -0.2) is 0 Å². The fraction of sp³-hybridized carbons (Fsp3) is 0.700. The van der Waals surface area contributed by atoms with Crippen LogP contribution in [0.4, 0.5) is 0 Å². The van der Waals surface area contributed by atoms with Crippen molar-refractivity contribution >= 4 is 5.97 Å². The van der Waals surface area contributed by atoms with Crippen molar-refractivity contribution in [3.8, 4) is 11.8 Å². The molecule has 2 heteroatoms. The Morgan fingerprint density at radius 2 is 2.08 bits per heavy atom. The van der Waals surface area contributed by atoms with Gasteiger partial charge in [0.05, 0.1) is 0 Å². The first-order valence-electron chi connectivity index (χ1n) is 4.42. The Morgan fingerprint density at radius 1 is 1.33 bits per heavy atom. The van der Waals surface area contributed by atoms with Crippen LogP contribution in [0.2, 0.25) is 0 Å². The molecule has 0 aromatic heterocycles. The average molecular weight is 166 g/mol. The molecule has 0 amide bonds. The Bertz CT molecular complexity index is 210. The van der Waals surface area contributed by atoms with Crippen molar-refractivity contribution in [1.29, 1.82) is 0 Å². The van der Waals surface area contributed by atoms with E-state index in [9.17, 15) is 4.79 Å². The molecule has 2 nitrogen and oxygen atoms in total. The van der Waals surface area contributed by atoms with E-state index >= 15 is 0 Å². The van der Waals surface area contributed by atoms with Crippen LogP contribution in [0.1, 0.15) is 39.0 Å². The minimum absolute atomic E-state index is 0.108. The van der Waals surface area contributed by atoms with Gasteiger partial charge in [-0.2, -0.15) is 0 Å². The van der Waals surface area contributed by atoms with Gasteiger partial charge < -0.3 is 4.74 Å². The van der Waals surface area contributed by atoms with E-state index < -0.39 is 0 Å². The smallest absolute Gasteiger partial charge is 0.302 e. The Balaban J connectivity index is 2.35. The summed E-state index contributed by atoms with van der Waals surface area (Å²) >= 11 is 0. The van der Waals surface area contributed by atoms with Crippen molar-refractivity contribution in [2.45, 2.75) is 45.1 Å². The second-order valence-corrected chi connectivity index (χ2v) is 3.02. The molecule has 12 heavy (non-hydrogen) atoms. The predicted molar refractivity (Wildman–Crippen MR) is 46.4 cm³/mol. The lowest BCUT2D eigenvalue weighted by Crippen LogP contribution is -2.16. The van der Waals surface area contributed by atoms with Gasteiger partial charge in [0, 0.05) is 19.8 Å². The third-order valence-corrected chi connectivity index (χ3v) is 1.88. The maximum absolute atomic E-state index is 10.7. The summed E-state index contributed by atoms with van der Waals surface area (Å²) in [6, 6.07) is 0. The van der Waals surface area contributed by atoms with Gasteiger partial charge in [0.2, 0.25) is 0 Å². The minimum atomic E-state index is -0.173. The van der Waals surface area contributed by atoms with E-state index in [1.54, 1.807) is 0 Å². The molecular formula is C10H14O2. The van der Waals surface area contributed by atoms with E-state index in [0.29, 0.717) is 0 Å². The highest BCUT2D eigenvalue weighted by Gasteiger charge is 2.11. The number of ether oxygens (including phenoxy) is 1. The molecule has 1 rings (SSSR count). The number of carbonyl (C=O) groups excluding carboxylic acids is 1. The molecule has 1 aliphatic carbocycles. The van der Waals surface area contributed by atoms with E-state index in [2.05, 4.69) is 11.8 Å². The lowest BCUT2D eigenvalue weighted by Gasteiger charge is -2.15. The number of esters is 1. The zero-order valence-corrected chi connectivity index (χ0v) is 7.43. The maximum atomic E-state index is 10.7. The van der Waals surface area contributed by atoms with Crippen LogP contribution in [0.15, 0.2) is 0 Å². The van der Waals surface area contributed by atoms with Crippen LogP contribution in [0.25, 0.3) is 0 Å². The quantitative estimate of drug-likeness (QED) is 0.439. The number of rotatable bonds is 1. The standard InChI is InChI=1S/C10H14O2/c1-9(11)12-10-7-5-3-2-4-6-8-10/h10H,3,5-8H2,1H3. The molecule has 0 aliphatic heterocycles. The van der Waals surface area contributed by atoms with E-state index in [0.717, 1.165) is 32.1 Å². The molecule has 0 saturated heterocycles. The highest BCUT2D eigenvalue weighted by Crippen LogP contribution is 2.12. The summed E-state index contributed by atoms with van der Waals surface area (Å²) in [7, 11) is 0. The summed E-state index contributed by atoms with van der Waals surface area (Å²) in [5.74, 6) is 5.95. The summed E-state index contributed by atoms with van der Waals surface area (Å²) in [5, 5.41) is 0. The van der Waals surface area contributed by atoms with Gasteiger partial charge >= 0.3 is 5.97 Å². The first-order chi connectivity index (χ1) is 5.79. The second-order valence-electron chi connectivity index (χ2n) is 3.02. The van der Waals surface area contributed by atoms with Crippen molar-refractivity contribution in [3.05, 3.63) is 0 Å². The second kappa shape index (κ2) is 4.82. The van der Waals surface area contributed by atoms with Crippen molar-refractivity contribution < 1.29 is 9.53 Å². The topological polar surface area (TPSA) is 26.3 Å². The van der Waals surface area contributed by atoms with Crippen LogP contribution in [0, 0.1) is 11.8 Å². The molecule has 0 radical (unpaired) electrons. The molecule has 0 aromatic carbocycles. The highest BCUT2D eigenvalue weighted by atomic mass is 16.5. The molecule has 1 unspecified atom stereocenters. The monoisotopic (exact) mass is 166 g/mol. The van der Waals surface area contributed by atoms with Crippen LogP contribution in [-0.2, 0) is 9.53 Å². The molecule has 0 aromatic rings. The highest BCUT2D eigenvalue weighted by molar-refractivity contribution is 5.66. The van der Waals surface area contributed by atoms with Gasteiger partial charge in [-0.1, -0.05) is 0 Å². The molecule has 66 valence electrons. The SMILES string of the molecule is CC(=O)OC1CCC#CCCC1. The first-order valence-corrected chi connectivity index (χ1v) is 4.42. The average Bonchev–Trinajstić information content (AvgIpc) is 1.93. The molecule has 0 heterocycles. The summed E-state index contributed by atoms with van der Waals surface area (Å²) in [6.45, 7) is 1.46. The van der Waals surface area contributed by atoms with Gasteiger partial charge in [0.1, 0.15) is 6.10 Å². The summed E-state index contributed by atoms with van der Waals surface area (Å²) in [4.78, 5) is 10.7. The van der Waals surface area contributed by atoms with Gasteiger partial charge in [0.15, 0.2) is 0 Å². The Labute approximate surface area is 73.3 Å². The Morgan fingerprint density at radius 3 is 2.83 bits per heavy atom. The van der Waals surface area contributed by atoms with Crippen molar-refractivity contribution in [3.63, 3.8) is 0 Å². The fourth-order valence-electron chi connectivity index (χ4n) is 1.32. The van der Waals surface area contributed by atoms with E-state index in [1.165, 1.54) is 6.92 Å². The third-order valence-electron chi connectivity index (χ3n) is 1.88. The third kappa shape index (κ3) is 3.43. The van der Waals surface area contributed by atoms with Crippen LogP contribution in [-0.4, -0.2) is 12.1 Å². The zero-order valence-electron chi connectivity index (χ0n) is 7.43. The lowest BCUT2D eigenvalue weighted by atomic mass is 10.0. The Hall–Kier alpha value is -0.970. The zero-order chi connectivity index (χ0) is 8.81. The molecule has 1 atom stereocenters. The molecule has 0 spiro atoms. The number of hydrogen-bond donors (Lipinski definition) is 0. The van der Waals surface area contributed by atoms with E-state index in [-0.39, 0.29) is 12.1 Å². The normalized spacial score (nSPS) is 22.9. The van der Waals surface area contributed by atoms with Crippen LogP contribution in [0.3, 0.4) is 0 Å². The number of hydrogen-bond acceptors (Lipinski definition) is 2. The summed E-state index contributed by atoms with van der Waals surface area (Å²) in [5.41, 5.74) is 0. The summed E-state index contributed by atoms with van der Waals surface area (Å²) in [6.07, 6.45) is 4.82. The van der Waals surface area contributed by atoms with Crippen molar-refractivity contribution in [2.75, 3.05) is 0 Å². The van der Waals surface area contributed by atoms with E-state index in [4.69, 9.17) is 4.74 Å². The lowest BCUT2D eigenvalue weighted by molar-refractivity contribution is -0.146. The predicted octanol–water partition coefficient (Wildman–Crippen LogP) is 1.89. The molecule has 0 bridgehead atoms. The van der Waals surface area contributed by atoms with Gasteiger partial charge in [-0.05, 0) is 19.3 Å². The van der Waals surface area contributed by atoms with E-state index in [1.807, 2.05) is 0 Å². The maximum Gasteiger partial charge on any atom is 0.302 e. The van der Waals surface area contributed by atoms with Crippen LogP contribution >= 0.6 is 0 Å². The van der Waals surface area contributed by atoms with Gasteiger partial charge in [0.25, 0.3) is 0 Å². The Kier molecular flexibility index (Phi) is 3.66. The van der Waals surface area contributed by atoms with Crippen LogP contribution < -0.4 is 0 Å². The van der Waals surface area contributed by atoms with Crippen LogP contribution in [0.5, 0.6) is 0 Å². The molecule has 0 saturated carbocycles. The summed E-state index contributed by atoms with van der Waals surface area (Å²) < 4.78 is 5.12. The molecule has 1 aliphatic rings. The largest absolute Gasteiger partial charge is 0.463 e. The molecular weight excluding hydrogens is 152 g/mol. The van der Waals surface area contributed by atoms with Gasteiger partial charge in [-0.15, -0.1) is 11.8 Å². The number of carbonyl (C=O) groups is 1. The van der Waals surface area contributed by atoms with Crippen molar-refractivity contribution in [2.24, 2.45) is 0 Å². The molecule has 0 N–H and O–H groups in total. The fourth-order valence-corrected chi connectivity index (χ4v) is 1.32. The van der Waals surface area contributed by atoms with Gasteiger partial charge in [-0.3, -0.25) is 4.79 Å².